The van der Waals surface area contributed by atoms with Crippen LogP contribution in [0.1, 0.15) is 81.1 Å². The van der Waals surface area contributed by atoms with Gasteiger partial charge in [-0.15, -0.1) is 0 Å². The zero-order valence-electron chi connectivity index (χ0n) is 19.6. The van der Waals surface area contributed by atoms with Crippen molar-refractivity contribution in [3.63, 3.8) is 0 Å². The molecule has 8 rings (SSSR count). The first-order valence-corrected chi connectivity index (χ1v) is 14.4. The summed E-state index contributed by atoms with van der Waals surface area (Å²) in [7, 11) is -0.997. The molecule has 8 aliphatic heterocycles. The Morgan fingerprint density at radius 3 is 1.33 bits per heavy atom. The van der Waals surface area contributed by atoms with Crippen LogP contribution in [-0.4, -0.2) is 56.8 Å². The molecule has 8 aliphatic rings. The molecule has 0 aliphatic carbocycles. The molecule has 0 aromatic rings. The average Bonchev–Trinajstić information content (AvgIpc) is 2.40. The topological polar surface area (TPSA) is 55.4 Å². The number of hydrogen-bond donors (Lipinski definition) is 0. The van der Waals surface area contributed by atoms with Gasteiger partial charge in [0.25, 0.3) is 0 Å². The van der Waals surface area contributed by atoms with E-state index in [2.05, 4.69) is 55.4 Å². The lowest BCUT2D eigenvalue weighted by Crippen LogP contribution is -2.72. The van der Waals surface area contributed by atoms with E-state index in [-0.39, 0.29) is 15.8 Å². The van der Waals surface area contributed by atoms with Crippen LogP contribution in [0.4, 0.5) is 0 Å². The van der Waals surface area contributed by atoms with E-state index in [1.807, 2.05) is 0 Å². The monoisotopic (exact) mass is 458 g/mol. The highest BCUT2D eigenvalue weighted by Crippen LogP contribution is 2.80. The van der Waals surface area contributed by atoms with Crippen LogP contribution in [0.15, 0.2) is 0 Å². The molecule has 0 saturated carbocycles. The van der Waals surface area contributed by atoms with Gasteiger partial charge in [0.1, 0.15) is 0 Å². The summed E-state index contributed by atoms with van der Waals surface area (Å²) < 4.78 is 38.7. The largest absolute Gasteiger partial charge is 0.339 e. The molecule has 170 valence electrons. The second kappa shape index (κ2) is 5.47. The molecule has 8 heterocycles. The Hall–Kier alpha value is 0.620. The Morgan fingerprint density at radius 1 is 0.500 bits per heavy atom. The molecule has 8 fully saturated rings. The highest BCUT2D eigenvalue weighted by molar-refractivity contribution is 7.64. The Balaban J connectivity index is 1.28. The van der Waals surface area contributed by atoms with Gasteiger partial charge in [-0.1, -0.05) is 6.92 Å². The van der Waals surface area contributed by atoms with E-state index in [4.69, 9.17) is 28.4 Å². The summed E-state index contributed by atoms with van der Waals surface area (Å²) in [5.74, 6) is -2.14. The first-order chi connectivity index (χ1) is 13.5. The van der Waals surface area contributed by atoms with E-state index in [0.717, 1.165) is 38.0 Å². The lowest BCUT2D eigenvalue weighted by molar-refractivity contribution is -0.500. The molecule has 0 N–H and O–H groups in total. The van der Waals surface area contributed by atoms with Crippen molar-refractivity contribution in [2.24, 2.45) is 0 Å². The van der Waals surface area contributed by atoms with Gasteiger partial charge in [0.2, 0.25) is 0 Å². The van der Waals surface area contributed by atoms with E-state index >= 15 is 0 Å². The Bertz CT molecular complexity index is 663. The number of ether oxygens (including phenoxy) is 6. The van der Waals surface area contributed by atoms with Gasteiger partial charge in [-0.3, -0.25) is 0 Å². The minimum absolute atomic E-state index is 0.171. The fraction of sp³-hybridized carbons (Fsp3) is 1.00. The summed E-state index contributed by atoms with van der Waals surface area (Å²) in [6.45, 7) is 17.5. The maximum Gasteiger partial charge on any atom is 0.190 e. The second-order valence-corrected chi connectivity index (χ2v) is 18.3. The van der Waals surface area contributed by atoms with Crippen LogP contribution in [0.2, 0.25) is 0 Å². The molecule has 0 radical (unpaired) electrons. The summed E-state index contributed by atoms with van der Waals surface area (Å²) in [5.41, 5.74) is -0.546. The summed E-state index contributed by atoms with van der Waals surface area (Å²) in [4.78, 5) is 0. The molecule has 0 spiro atoms. The standard InChI is InChI=1S/C22H36O6P2/c1-15-11-16(2)23-17(3,12-15)28-22(8,27-16)29(15)9-10-30-20(6)13-18(4)24-19(5,26-20)14-21(30,7)25-18/h9-14H2,1-8H3/t15?,16-,17+,18-,19-,20+,21+,22?,29?/m0/s1. The predicted octanol–water partition coefficient (Wildman–Crippen LogP) is 5.42. The normalized spacial score (nSPS) is 68.0. The highest BCUT2D eigenvalue weighted by atomic mass is 31.1. The van der Waals surface area contributed by atoms with Crippen molar-refractivity contribution in [2.45, 2.75) is 126 Å². The van der Waals surface area contributed by atoms with Gasteiger partial charge in [-0.2, -0.15) is 0 Å². The fourth-order valence-corrected chi connectivity index (χ4v) is 17.1. The third-order valence-corrected chi connectivity index (χ3v) is 15.3. The Morgan fingerprint density at radius 2 is 0.900 bits per heavy atom. The molecule has 0 aromatic heterocycles. The van der Waals surface area contributed by atoms with E-state index in [1.54, 1.807) is 0 Å². The van der Waals surface area contributed by atoms with Crippen molar-refractivity contribution in [3.8, 4) is 0 Å². The lowest BCUT2D eigenvalue weighted by Gasteiger charge is -2.71. The maximum absolute atomic E-state index is 6.63. The smallest absolute Gasteiger partial charge is 0.190 e. The summed E-state index contributed by atoms with van der Waals surface area (Å²) in [6, 6.07) is 0. The van der Waals surface area contributed by atoms with Crippen molar-refractivity contribution in [1.82, 2.24) is 0 Å². The van der Waals surface area contributed by atoms with Crippen LogP contribution in [0.25, 0.3) is 0 Å². The average molecular weight is 458 g/mol. The lowest BCUT2D eigenvalue weighted by atomic mass is 9.88. The Kier molecular flexibility index (Phi) is 3.86. The van der Waals surface area contributed by atoms with Crippen molar-refractivity contribution in [3.05, 3.63) is 0 Å². The predicted molar refractivity (Wildman–Crippen MR) is 116 cm³/mol. The number of hydrogen-bond acceptors (Lipinski definition) is 6. The minimum atomic E-state index is -0.546. The second-order valence-electron chi connectivity index (χ2n) is 11.9. The number of rotatable bonds is 3. The molecular formula is C22H36O6P2. The quantitative estimate of drug-likeness (QED) is 0.527. The SMILES string of the molecule is CC12C[C@@]3(C)OC(C)(O[C@@](C)(C1)O3)P2CCP1[C@]2(C)C[C@@]3(C)O[C@](C)(C[C@]1(C)O3)O2. The summed E-state index contributed by atoms with van der Waals surface area (Å²) in [6.07, 6.45) is 5.74. The van der Waals surface area contributed by atoms with Crippen LogP contribution in [-0.2, 0) is 28.4 Å². The molecule has 3 unspecified atom stereocenters. The van der Waals surface area contributed by atoms with Crippen LogP contribution in [0, 0.1) is 0 Å². The third-order valence-electron chi connectivity index (χ3n) is 8.08. The van der Waals surface area contributed by atoms with Crippen molar-refractivity contribution in [1.29, 1.82) is 0 Å². The first-order valence-electron chi connectivity index (χ1n) is 11.3. The molecule has 8 saturated heterocycles. The third kappa shape index (κ3) is 2.72. The van der Waals surface area contributed by atoms with Crippen LogP contribution in [0.5, 0.6) is 0 Å². The summed E-state index contributed by atoms with van der Waals surface area (Å²) >= 11 is 0. The van der Waals surface area contributed by atoms with Gasteiger partial charge in [0.05, 0.1) is 10.7 Å². The van der Waals surface area contributed by atoms with Gasteiger partial charge >= 0.3 is 0 Å². The first kappa shape index (κ1) is 21.2. The van der Waals surface area contributed by atoms with E-state index < -0.39 is 44.5 Å². The van der Waals surface area contributed by atoms with Gasteiger partial charge in [-0.05, 0) is 76.6 Å². The van der Waals surface area contributed by atoms with E-state index in [0.29, 0.717) is 0 Å². The zero-order chi connectivity index (χ0) is 21.6. The minimum Gasteiger partial charge on any atom is -0.339 e. The molecule has 30 heavy (non-hydrogen) atoms. The van der Waals surface area contributed by atoms with Crippen LogP contribution in [0.3, 0.4) is 0 Å². The molecule has 8 bridgehead atoms. The molecule has 6 nitrogen and oxygen atoms in total. The van der Waals surface area contributed by atoms with Crippen molar-refractivity contribution < 1.29 is 28.4 Å². The highest BCUT2D eigenvalue weighted by Gasteiger charge is 2.73. The summed E-state index contributed by atoms with van der Waals surface area (Å²) in [5, 5.41) is -0.139. The van der Waals surface area contributed by atoms with Crippen molar-refractivity contribution >= 4 is 15.8 Å². The zero-order valence-corrected chi connectivity index (χ0v) is 21.4. The molecule has 9 atom stereocenters. The van der Waals surface area contributed by atoms with Gasteiger partial charge in [0, 0.05) is 30.8 Å². The van der Waals surface area contributed by atoms with E-state index in [9.17, 15) is 0 Å². The van der Waals surface area contributed by atoms with E-state index in [1.165, 1.54) is 0 Å². The van der Waals surface area contributed by atoms with Crippen molar-refractivity contribution in [2.75, 3.05) is 12.3 Å². The molecular weight excluding hydrogens is 422 g/mol. The maximum atomic E-state index is 6.63. The van der Waals surface area contributed by atoms with Gasteiger partial charge in [-0.25, -0.2) is 0 Å². The molecule has 0 amide bonds. The molecule has 8 heteroatoms. The van der Waals surface area contributed by atoms with Gasteiger partial charge < -0.3 is 28.4 Å². The van der Waals surface area contributed by atoms with Crippen LogP contribution < -0.4 is 0 Å². The Labute approximate surface area is 182 Å². The van der Waals surface area contributed by atoms with Gasteiger partial charge in [0.15, 0.2) is 28.7 Å². The van der Waals surface area contributed by atoms with Crippen LogP contribution >= 0.6 is 15.8 Å². The fourth-order valence-electron chi connectivity index (χ4n) is 8.49. The molecule has 0 aromatic carbocycles.